The number of anilines is 1. The normalized spacial score (nSPS) is 15.2. The third-order valence-electron chi connectivity index (χ3n) is 3.32. The second kappa shape index (κ2) is 8.88. The van der Waals surface area contributed by atoms with Gasteiger partial charge >= 0.3 is 0 Å². The maximum atomic E-state index is 11.4. The van der Waals surface area contributed by atoms with Crippen molar-refractivity contribution in [3.8, 4) is 0 Å². The average Bonchev–Trinajstić information content (AvgIpc) is 2.52. The van der Waals surface area contributed by atoms with Gasteiger partial charge in [0.1, 0.15) is 0 Å². The van der Waals surface area contributed by atoms with Gasteiger partial charge in [0.2, 0.25) is 5.91 Å². The predicted octanol–water partition coefficient (Wildman–Crippen LogP) is 2.55. The monoisotopic (exact) mass is 347 g/mol. The molecule has 0 unspecified atom stereocenters. The quantitative estimate of drug-likeness (QED) is 0.615. The molecule has 0 aliphatic heterocycles. The molecule has 0 atom stereocenters. The molecule has 0 aromatic heterocycles. The van der Waals surface area contributed by atoms with Crippen molar-refractivity contribution < 1.29 is 4.79 Å². The molecule has 1 amide bonds. The molecule has 1 aliphatic carbocycles. The number of allylic oxidation sites excluding steroid dienone is 3. The maximum absolute atomic E-state index is 11.4. The third-order valence-corrected chi connectivity index (χ3v) is 3.32. The van der Waals surface area contributed by atoms with Crippen molar-refractivity contribution in [1.29, 1.82) is 5.41 Å². The highest BCUT2D eigenvalue weighted by Crippen LogP contribution is 2.19. The fraction of sp³-hybridized carbons (Fsp3) is 0.235. The number of halogens is 1. The Bertz CT molecular complexity index is 704. The van der Waals surface area contributed by atoms with Crippen LogP contribution in [0.1, 0.15) is 13.8 Å². The molecule has 5 N–H and O–H groups in total. The van der Waals surface area contributed by atoms with Crippen molar-refractivity contribution in [3.05, 3.63) is 47.7 Å². The summed E-state index contributed by atoms with van der Waals surface area (Å²) in [5.74, 6) is -0.0417. The van der Waals surface area contributed by atoms with Gasteiger partial charge < -0.3 is 21.8 Å². The van der Waals surface area contributed by atoms with Crippen LogP contribution in [0.2, 0.25) is 0 Å². The van der Waals surface area contributed by atoms with E-state index in [1.54, 1.807) is 12.2 Å². The SMILES string of the molecule is CCNC(=O)CNc1ccc(N=C2C=C(C)C(=N)C=C2N)cc1.Cl. The van der Waals surface area contributed by atoms with Crippen molar-refractivity contribution >= 4 is 41.1 Å². The van der Waals surface area contributed by atoms with E-state index >= 15 is 0 Å². The lowest BCUT2D eigenvalue weighted by Crippen LogP contribution is -2.29. The first-order valence-electron chi connectivity index (χ1n) is 7.43. The summed E-state index contributed by atoms with van der Waals surface area (Å²) in [4.78, 5) is 15.9. The molecule has 0 saturated heterocycles. The van der Waals surface area contributed by atoms with E-state index in [0.717, 1.165) is 16.9 Å². The van der Waals surface area contributed by atoms with E-state index in [1.165, 1.54) is 0 Å². The summed E-state index contributed by atoms with van der Waals surface area (Å²) in [6, 6.07) is 7.42. The number of benzene rings is 1. The van der Waals surface area contributed by atoms with E-state index in [0.29, 0.717) is 23.7 Å². The number of carbonyl (C=O) groups is 1. The molecular weight excluding hydrogens is 326 g/mol. The van der Waals surface area contributed by atoms with Crippen molar-refractivity contribution in [3.63, 3.8) is 0 Å². The Balaban J connectivity index is 0.00000288. The minimum Gasteiger partial charge on any atom is -0.397 e. The lowest BCUT2D eigenvalue weighted by atomic mass is 10.0. The van der Waals surface area contributed by atoms with Crippen LogP contribution in [0.3, 0.4) is 0 Å². The molecule has 128 valence electrons. The molecule has 1 aromatic rings. The second-order valence-corrected chi connectivity index (χ2v) is 5.19. The van der Waals surface area contributed by atoms with Crippen LogP contribution in [0.25, 0.3) is 0 Å². The number of aliphatic imine (C=N–C) groups is 1. The third kappa shape index (κ3) is 5.24. The van der Waals surface area contributed by atoms with Crippen LogP contribution in [0.4, 0.5) is 11.4 Å². The van der Waals surface area contributed by atoms with E-state index in [2.05, 4.69) is 15.6 Å². The van der Waals surface area contributed by atoms with Gasteiger partial charge in [0, 0.05) is 12.2 Å². The van der Waals surface area contributed by atoms with E-state index in [1.807, 2.05) is 38.1 Å². The highest BCUT2D eigenvalue weighted by atomic mass is 35.5. The minimum absolute atomic E-state index is 0. The first-order valence-corrected chi connectivity index (χ1v) is 7.43. The van der Waals surface area contributed by atoms with Crippen molar-refractivity contribution in [2.45, 2.75) is 13.8 Å². The summed E-state index contributed by atoms with van der Waals surface area (Å²) in [5, 5.41) is 13.5. The lowest BCUT2D eigenvalue weighted by Gasteiger charge is -2.11. The largest absolute Gasteiger partial charge is 0.397 e. The summed E-state index contributed by atoms with van der Waals surface area (Å²) >= 11 is 0. The van der Waals surface area contributed by atoms with Crippen LogP contribution in [0, 0.1) is 5.41 Å². The minimum atomic E-state index is -0.0417. The summed E-state index contributed by atoms with van der Waals surface area (Å²) in [7, 11) is 0. The van der Waals surface area contributed by atoms with Gasteiger partial charge in [-0.15, -0.1) is 12.4 Å². The van der Waals surface area contributed by atoms with E-state index in [9.17, 15) is 4.79 Å². The molecule has 7 heteroatoms. The summed E-state index contributed by atoms with van der Waals surface area (Å²) < 4.78 is 0. The van der Waals surface area contributed by atoms with Crippen LogP contribution in [0.15, 0.2) is 52.7 Å². The molecule has 0 fully saturated rings. The molecular formula is C17H22ClN5O. The number of amides is 1. The molecule has 1 aromatic carbocycles. The number of carbonyl (C=O) groups excluding carboxylic acids is 1. The molecule has 0 bridgehead atoms. The van der Waals surface area contributed by atoms with Gasteiger partial charge in [-0.2, -0.15) is 0 Å². The Kier molecular flexibility index (Phi) is 7.20. The summed E-state index contributed by atoms with van der Waals surface area (Å²) in [6.07, 6.45) is 3.41. The van der Waals surface area contributed by atoms with Gasteiger partial charge in [-0.1, -0.05) is 0 Å². The number of nitrogens with two attached hydrogens (primary N) is 1. The van der Waals surface area contributed by atoms with Crippen LogP contribution in [-0.4, -0.2) is 30.4 Å². The smallest absolute Gasteiger partial charge is 0.239 e. The first kappa shape index (κ1) is 19.4. The molecule has 0 radical (unpaired) electrons. The average molecular weight is 348 g/mol. The van der Waals surface area contributed by atoms with Crippen molar-refractivity contribution in [1.82, 2.24) is 5.32 Å². The molecule has 24 heavy (non-hydrogen) atoms. The van der Waals surface area contributed by atoms with Crippen LogP contribution < -0.4 is 16.4 Å². The zero-order valence-corrected chi connectivity index (χ0v) is 14.5. The topological polar surface area (TPSA) is 103 Å². The zero-order chi connectivity index (χ0) is 16.8. The molecule has 6 nitrogen and oxygen atoms in total. The van der Waals surface area contributed by atoms with Gasteiger partial charge in [0.15, 0.2) is 0 Å². The molecule has 0 saturated carbocycles. The number of nitrogens with zero attached hydrogens (tertiary/aromatic N) is 1. The van der Waals surface area contributed by atoms with Gasteiger partial charge in [-0.25, -0.2) is 4.99 Å². The molecule has 0 spiro atoms. The predicted molar refractivity (Wildman–Crippen MR) is 102 cm³/mol. The number of hydrogen-bond donors (Lipinski definition) is 4. The van der Waals surface area contributed by atoms with Crippen molar-refractivity contribution in [2.24, 2.45) is 10.7 Å². The zero-order valence-electron chi connectivity index (χ0n) is 13.7. The van der Waals surface area contributed by atoms with Crippen molar-refractivity contribution in [2.75, 3.05) is 18.4 Å². The lowest BCUT2D eigenvalue weighted by molar-refractivity contribution is -0.119. The van der Waals surface area contributed by atoms with E-state index in [-0.39, 0.29) is 24.9 Å². The number of likely N-dealkylation sites (N-methyl/N-ethyl adjacent to an activating group) is 1. The summed E-state index contributed by atoms with van der Waals surface area (Å²) in [6.45, 7) is 4.60. The number of hydrogen-bond acceptors (Lipinski definition) is 5. The Morgan fingerprint density at radius 3 is 2.54 bits per heavy atom. The highest BCUT2D eigenvalue weighted by Gasteiger charge is 2.10. The Morgan fingerprint density at radius 2 is 1.92 bits per heavy atom. The van der Waals surface area contributed by atoms with Gasteiger partial charge in [0.05, 0.1) is 29.4 Å². The van der Waals surface area contributed by atoms with Crippen LogP contribution >= 0.6 is 12.4 Å². The second-order valence-electron chi connectivity index (χ2n) is 5.19. The Hall–Kier alpha value is -2.60. The Labute approximate surface area is 147 Å². The molecule has 2 rings (SSSR count). The fourth-order valence-electron chi connectivity index (χ4n) is 2.04. The standard InChI is InChI=1S/C17H21N5O.ClH/c1-3-20-17(23)10-21-12-4-6-13(7-5-12)22-16-8-11(2)14(18)9-15(16)19;/h4-9,18,21H,3,10,19H2,1-2H3,(H,20,23);1H. The number of nitrogens with one attached hydrogen (secondary N) is 3. The van der Waals surface area contributed by atoms with E-state index in [4.69, 9.17) is 11.1 Å². The number of rotatable bonds is 5. The van der Waals surface area contributed by atoms with Crippen LogP contribution in [0.5, 0.6) is 0 Å². The van der Waals surface area contributed by atoms with Gasteiger partial charge in [-0.3, -0.25) is 4.79 Å². The fourth-order valence-corrected chi connectivity index (χ4v) is 2.04. The highest BCUT2D eigenvalue weighted by molar-refractivity contribution is 6.22. The van der Waals surface area contributed by atoms with Crippen LogP contribution in [-0.2, 0) is 4.79 Å². The van der Waals surface area contributed by atoms with E-state index < -0.39 is 0 Å². The molecule has 1 aliphatic rings. The van der Waals surface area contributed by atoms with Gasteiger partial charge in [-0.05, 0) is 55.8 Å². The molecule has 0 heterocycles. The maximum Gasteiger partial charge on any atom is 0.239 e. The summed E-state index contributed by atoms with van der Waals surface area (Å²) in [5.41, 5.74) is 9.90. The first-order chi connectivity index (χ1) is 11.0. The Morgan fingerprint density at radius 1 is 1.25 bits per heavy atom. The van der Waals surface area contributed by atoms with Gasteiger partial charge in [0.25, 0.3) is 0 Å².